The van der Waals surface area contributed by atoms with E-state index < -0.39 is 0 Å². The highest BCUT2D eigenvalue weighted by molar-refractivity contribution is 9.10. The summed E-state index contributed by atoms with van der Waals surface area (Å²) < 4.78 is 2.77. The number of hydrogen-bond acceptors (Lipinski definition) is 3. The molecule has 0 radical (unpaired) electrons. The van der Waals surface area contributed by atoms with Crippen LogP contribution in [0.2, 0.25) is 0 Å². The summed E-state index contributed by atoms with van der Waals surface area (Å²) >= 11 is 3.40. The molecular weight excluding hydrogens is 294 g/mol. The molecule has 0 saturated carbocycles. The van der Waals surface area contributed by atoms with E-state index in [1.807, 2.05) is 23.9 Å². The molecule has 0 saturated heterocycles. The third-order valence-electron chi connectivity index (χ3n) is 2.84. The van der Waals surface area contributed by atoms with Crippen molar-refractivity contribution in [1.82, 2.24) is 24.7 Å². The Morgan fingerprint density at radius 3 is 2.94 bits per heavy atom. The Balaban J connectivity index is 2.15. The van der Waals surface area contributed by atoms with E-state index in [-0.39, 0.29) is 0 Å². The number of hydrogen-bond donors (Lipinski definition) is 1. The highest BCUT2D eigenvalue weighted by Crippen LogP contribution is 2.21. The van der Waals surface area contributed by atoms with Crippen molar-refractivity contribution in [1.29, 1.82) is 0 Å². The van der Waals surface area contributed by atoms with Crippen LogP contribution in [-0.4, -0.2) is 24.7 Å². The molecule has 0 aliphatic heterocycles. The minimum Gasteiger partial charge on any atom is -0.335 e. The van der Waals surface area contributed by atoms with E-state index in [4.69, 9.17) is 0 Å². The van der Waals surface area contributed by atoms with Gasteiger partial charge in [-0.3, -0.25) is 4.68 Å². The number of pyridine rings is 1. The fraction of sp³-hybridized carbons (Fsp3) is 0.250. The summed E-state index contributed by atoms with van der Waals surface area (Å²) in [5, 5.41) is 4.42. The van der Waals surface area contributed by atoms with Crippen LogP contribution < -0.4 is 0 Å². The fourth-order valence-corrected chi connectivity index (χ4v) is 2.25. The van der Waals surface area contributed by atoms with Crippen LogP contribution >= 0.6 is 15.9 Å². The van der Waals surface area contributed by atoms with Gasteiger partial charge in [0.15, 0.2) is 11.5 Å². The number of nitrogens with one attached hydrogen (secondary N) is 1. The van der Waals surface area contributed by atoms with Gasteiger partial charge in [-0.05, 0) is 34.5 Å². The van der Waals surface area contributed by atoms with Crippen LogP contribution in [0.15, 0.2) is 22.8 Å². The van der Waals surface area contributed by atoms with Gasteiger partial charge in [-0.2, -0.15) is 5.10 Å². The zero-order valence-electron chi connectivity index (χ0n) is 10.1. The van der Waals surface area contributed by atoms with Gasteiger partial charge in [0.1, 0.15) is 5.69 Å². The fourth-order valence-electron chi connectivity index (χ4n) is 1.92. The second-order valence-electron chi connectivity index (χ2n) is 4.11. The van der Waals surface area contributed by atoms with Crippen LogP contribution in [0.5, 0.6) is 0 Å². The molecule has 0 aromatic carbocycles. The summed E-state index contributed by atoms with van der Waals surface area (Å²) in [5.41, 5.74) is 3.66. The Morgan fingerprint density at radius 2 is 2.22 bits per heavy atom. The van der Waals surface area contributed by atoms with Crippen LogP contribution in [0.3, 0.4) is 0 Å². The predicted octanol–water partition coefficient (Wildman–Crippen LogP) is 2.68. The maximum absolute atomic E-state index is 4.48. The zero-order valence-corrected chi connectivity index (χ0v) is 11.7. The van der Waals surface area contributed by atoms with Crippen LogP contribution in [0, 0.1) is 0 Å². The van der Waals surface area contributed by atoms with Gasteiger partial charge in [0.25, 0.3) is 0 Å². The molecule has 5 nitrogen and oxygen atoms in total. The lowest BCUT2D eigenvalue weighted by Gasteiger charge is -1.95. The molecule has 3 heterocycles. The largest absolute Gasteiger partial charge is 0.335 e. The van der Waals surface area contributed by atoms with E-state index in [9.17, 15) is 0 Å². The number of nitrogens with zero attached hydrogens (tertiary/aromatic N) is 4. The van der Waals surface area contributed by atoms with E-state index >= 15 is 0 Å². The average Bonchev–Trinajstić information content (AvgIpc) is 2.91. The summed E-state index contributed by atoms with van der Waals surface area (Å²) in [7, 11) is 1.92. The molecule has 0 fully saturated rings. The first kappa shape index (κ1) is 11.4. The first-order chi connectivity index (χ1) is 8.67. The monoisotopic (exact) mass is 305 g/mol. The topological polar surface area (TPSA) is 59.4 Å². The lowest BCUT2D eigenvalue weighted by molar-refractivity contribution is 0.749. The summed E-state index contributed by atoms with van der Waals surface area (Å²) in [4.78, 5) is 12.0. The molecule has 18 heavy (non-hydrogen) atoms. The molecule has 92 valence electrons. The second-order valence-corrected chi connectivity index (χ2v) is 5.02. The second kappa shape index (κ2) is 4.20. The van der Waals surface area contributed by atoms with Crippen LogP contribution in [0.4, 0.5) is 0 Å². The Kier molecular flexibility index (Phi) is 2.66. The number of aromatic nitrogens is 5. The lowest BCUT2D eigenvalue weighted by Crippen LogP contribution is -1.95. The van der Waals surface area contributed by atoms with E-state index in [0.717, 1.165) is 33.6 Å². The third-order valence-corrected chi connectivity index (χ3v) is 3.27. The van der Waals surface area contributed by atoms with E-state index in [1.54, 1.807) is 6.20 Å². The van der Waals surface area contributed by atoms with Gasteiger partial charge in [-0.15, -0.1) is 0 Å². The Hall–Kier alpha value is -1.69. The summed E-state index contributed by atoms with van der Waals surface area (Å²) in [6.45, 7) is 2.09. The van der Waals surface area contributed by atoms with Gasteiger partial charge in [0.2, 0.25) is 0 Å². The van der Waals surface area contributed by atoms with Crippen molar-refractivity contribution >= 4 is 27.1 Å². The average molecular weight is 306 g/mol. The van der Waals surface area contributed by atoms with Gasteiger partial charge in [-0.25, -0.2) is 9.97 Å². The van der Waals surface area contributed by atoms with Crippen molar-refractivity contribution in [2.24, 2.45) is 7.05 Å². The number of rotatable bonds is 2. The van der Waals surface area contributed by atoms with Gasteiger partial charge < -0.3 is 4.98 Å². The van der Waals surface area contributed by atoms with E-state index in [1.165, 1.54) is 0 Å². The molecule has 0 unspecified atom stereocenters. The molecular formula is C12H12BrN5. The van der Waals surface area contributed by atoms with Gasteiger partial charge in [0, 0.05) is 17.7 Å². The summed E-state index contributed by atoms with van der Waals surface area (Å²) in [5.74, 6) is 0.797. The molecule has 3 rings (SSSR count). The van der Waals surface area contributed by atoms with Gasteiger partial charge in [-0.1, -0.05) is 6.92 Å². The van der Waals surface area contributed by atoms with Crippen molar-refractivity contribution in [3.63, 3.8) is 0 Å². The number of H-pyrrole nitrogens is 1. The normalized spacial score (nSPS) is 11.3. The minimum absolute atomic E-state index is 0.715. The lowest BCUT2D eigenvalue weighted by atomic mass is 10.3. The maximum atomic E-state index is 4.48. The van der Waals surface area contributed by atoms with Crippen molar-refractivity contribution < 1.29 is 0 Å². The predicted molar refractivity (Wildman–Crippen MR) is 73.2 cm³/mol. The van der Waals surface area contributed by atoms with Crippen LogP contribution in [0.1, 0.15) is 12.6 Å². The Morgan fingerprint density at radius 1 is 1.39 bits per heavy atom. The number of aryl methyl sites for hydroxylation is 2. The summed E-state index contributed by atoms with van der Waals surface area (Å²) in [6.07, 6.45) is 2.66. The smallest absolute Gasteiger partial charge is 0.178 e. The van der Waals surface area contributed by atoms with E-state index in [2.05, 4.69) is 42.9 Å². The van der Waals surface area contributed by atoms with Crippen LogP contribution in [0.25, 0.3) is 22.7 Å². The van der Waals surface area contributed by atoms with Crippen molar-refractivity contribution in [2.75, 3.05) is 0 Å². The third kappa shape index (κ3) is 1.82. The highest BCUT2D eigenvalue weighted by atomic mass is 79.9. The van der Waals surface area contributed by atoms with Crippen molar-refractivity contribution in [2.45, 2.75) is 13.3 Å². The molecule has 0 aliphatic carbocycles. The van der Waals surface area contributed by atoms with Crippen LogP contribution in [-0.2, 0) is 13.5 Å². The van der Waals surface area contributed by atoms with Crippen molar-refractivity contribution in [3.05, 3.63) is 28.5 Å². The first-order valence-corrected chi connectivity index (χ1v) is 6.51. The number of halogens is 1. The zero-order chi connectivity index (χ0) is 12.7. The standard InChI is InChI=1S/C12H12BrN5/c1-3-8-5-10(18(2)17-8)12-15-9-4-7(13)6-14-11(9)16-12/h4-6H,3H2,1-2H3,(H,14,15,16). The molecule has 1 N–H and O–H groups in total. The van der Waals surface area contributed by atoms with Gasteiger partial charge >= 0.3 is 0 Å². The Bertz CT molecular complexity index is 712. The number of imidazole rings is 1. The Labute approximate surface area is 112 Å². The molecule has 3 aromatic heterocycles. The van der Waals surface area contributed by atoms with Crippen molar-refractivity contribution in [3.8, 4) is 11.5 Å². The first-order valence-electron chi connectivity index (χ1n) is 5.72. The van der Waals surface area contributed by atoms with Gasteiger partial charge in [0.05, 0.1) is 11.2 Å². The molecule has 0 spiro atoms. The summed E-state index contributed by atoms with van der Waals surface area (Å²) in [6, 6.07) is 4.02. The molecule has 0 aliphatic rings. The molecule has 3 aromatic rings. The molecule has 0 amide bonds. The minimum atomic E-state index is 0.715. The quantitative estimate of drug-likeness (QED) is 0.792. The number of aromatic amines is 1. The molecule has 6 heteroatoms. The SMILES string of the molecule is CCc1cc(-c2nc3ncc(Br)cc3[nH]2)n(C)n1. The number of fused-ring (bicyclic) bond motifs is 1. The van der Waals surface area contributed by atoms with E-state index in [0.29, 0.717) is 5.65 Å². The molecule has 0 atom stereocenters. The highest BCUT2D eigenvalue weighted by Gasteiger charge is 2.11. The maximum Gasteiger partial charge on any atom is 0.178 e. The molecule has 0 bridgehead atoms.